The second-order valence-electron chi connectivity index (χ2n) is 8.61. The molecule has 26 heavy (non-hydrogen) atoms. The minimum atomic E-state index is 0.0698. The van der Waals surface area contributed by atoms with Gasteiger partial charge in [0.25, 0.3) is 5.91 Å². The molecule has 5 atom stereocenters. The van der Waals surface area contributed by atoms with Crippen molar-refractivity contribution in [1.29, 1.82) is 0 Å². The van der Waals surface area contributed by atoms with Gasteiger partial charge in [0.05, 0.1) is 5.56 Å². The first-order chi connectivity index (χ1) is 12.7. The normalized spacial score (nSPS) is 37.1. The Bertz CT molecular complexity index is 804. The third-order valence-corrected chi connectivity index (χ3v) is 8.26. The summed E-state index contributed by atoms with van der Waals surface area (Å²) in [5, 5.41) is 13.3. The van der Waals surface area contributed by atoms with Gasteiger partial charge in [0.15, 0.2) is 0 Å². The molecule has 5 aliphatic rings. The van der Waals surface area contributed by atoms with Crippen LogP contribution in [0, 0.1) is 17.8 Å². The summed E-state index contributed by atoms with van der Waals surface area (Å²) in [5.41, 5.74) is 5.53. The third-order valence-electron chi connectivity index (χ3n) is 7.08. The minimum Gasteiger partial charge on any atom is -0.354 e. The van der Waals surface area contributed by atoms with Crippen LogP contribution in [0.3, 0.4) is 0 Å². The molecular formula is C19H25N5OS. The van der Waals surface area contributed by atoms with Gasteiger partial charge in [-0.25, -0.2) is 10.0 Å². The Labute approximate surface area is 157 Å². The van der Waals surface area contributed by atoms with E-state index in [2.05, 4.69) is 27.8 Å². The second-order valence-corrected chi connectivity index (χ2v) is 9.71. The van der Waals surface area contributed by atoms with Crippen molar-refractivity contribution < 1.29 is 4.79 Å². The molecule has 0 aromatic carbocycles. The molecule has 0 spiro atoms. The molecule has 1 saturated carbocycles. The smallest absolute Gasteiger partial charge is 0.277 e. The Morgan fingerprint density at radius 1 is 1.19 bits per heavy atom. The monoisotopic (exact) mass is 371 g/mol. The van der Waals surface area contributed by atoms with Crippen LogP contribution in [0.5, 0.6) is 0 Å². The van der Waals surface area contributed by atoms with Gasteiger partial charge < -0.3 is 5.32 Å². The number of nitrogens with zero attached hydrogens (tertiary/aromatic N) is 3. The van der Waals surface area contributed by atoms with Crippen LogP contribution in [0.4, 0.5) is 5.00 Å². The molecule has 3 aliphatic heterocycles. The van der Waals surface area contributed by atoms with Gasteiger partial charge in [0, 0.05) is 16.7 Å². The lowest BCUT2D eigenvalue weighted by molar-refractivity contribution is -0.103. The van der Waals surface area contributed by atoms with Crippen molar-refractivity contribution in [3.63, 3.8) is 0 Å². The standard InChI is InChI=1S/C19H25N5OS/c1-10-6-7-13-14(8-10)26-18-15(13)19(25)24-16(21-18)11-4-2-3-5-12(11)17-22-20-9-23(17)24/h9-12,16-17,21-22H,2-8H2,1H3. The molecule has 1 aromatic rings. The fraction of sp³-hybridized carbons (Fsp3) is 0.684. The van der Waals surface area contributed by atoms with Gasteiger partial charge in [-0.1, -0.05) is 19.8 Å². The van der Waals surface area contributed by atoms with E-state index in [-0.39, 0.29) is 18.2 Å². The summed E-state index contributed by atoms with van der Waals surface area (Å²) in [4.78, 5) is 15.1. The zero-order chi connectivity index (χ0) is 17.4. The summed E-state index contributed by atoms with van der Waals surface area (Å²) in [5.74, 6) is 1.94. The van der Waals surface area contributed by atoms with Crippen LogP contribution in [0.25, 0.3) is 0 Å². The van der Waals surface area contributed by atoms with E-state index >= 15 is 0 Å². The fourth-order valence-electron chi connectivity index (χ4n) is 5.81. The van der Waals surface area contributed by atoms with Crippen LogP contribution in [0.1, 0.15) is 59.8 Å². The Hall–Kier alpha value is -1.76. The van der Waals surface area contributed by atoms with Crippen molar-refractivity contribution >= 4 is 28.6 Å². The van der Waals surface area contributed by atoms with Crippen molar-refractivity contribution in [1.82, 2.24) is 15.4 Å². The Morgan fingerprint density at radius 2 is 2.00 bits per heavy atom. The highest BCUT2D eigenvalue weighted by atomic mass is 32.1. The molecule has 2 fully saturated rings. The maximum absolute atomic E-state index is 13.6. The topological polar surface area (TPSA) is 60.0 Å². The molecule has 1 saturated heterocycles. The number of rotatable bonds is 0. The zero-order valence-electron chi connectivity index (χ0n) is 15.1. The van der Waals surface area contributed by atoms with E-state index in [1.807, 2.05) is 22.7 Å². The van der Waals surface area contributed by atoms with Crippen molar-refractivity contribution in [3.8, 4) is 0 Å². The zero-order valence-corrected chi connectivity index (χ0v) is 15.9. The summed E-state index contributed by atoms with van der Waals surface area (Å²) in [7, 11) is 0. The number of hydrogen-bond donors (Lipinski definition) is 2. The van der Waals surface area contributed by atoms with E-state index in [0.717, 1.165) is 29.3 Å². The number of amides is 1. The first-order valence-corrected chi connectivity index (χ1v) is 10.9. The molecule has 4 heterocycles. The summed E-state index contributed by atoms with van der Waals surface area (Å²) in [6, 6.07) is 0. The molecule has 6 nitrogen and oxygen atoms in total. The van der Waals surface area contributed by atoms with Gasteiger partial charge in [0.1, 0.15) is 23.7 Å². The predicted octanol–water partition coefficient (Wildman–Crippen LogP) is 2.98. The Morgan fingerprint density at radius 3 is 2.85 bits per heavy atom. The summed E-state index contributed by atoms with van der Waals surface area (Å²) in [6.07, 6.45) is 10.3. The molecule has 6 rings (SSSR count). The third kappa shape index (κ3) is 1.92. The van der Waals surface area contributed by atoms with Crippen molar-refractivity contribution in [2.75, 3.05) is 5.32 Å². The highest BCUT2D eigenvalue weighted by Crippen LogP contribution is 2.49. The summed E-state index contributed by atoms with van der Waals surface area (Å²) >= 11 is 1.84. The lowest BCUT2D eigenvalue weighted by Crippen LogP contribution is -2.70. The van der Waals surface area contributed by atoms with Gasteiger partial charge in [-0.15, -0.1) is 11.3 Å². The number of hydrogen-bond acceptors (Lipinski definition) is 6. The molecule has 5 unspecified atom stereocenters. The first-order valence-electron chi connectivity index (χ1n) is 10.0. The van der Waals surface area contributed by atoms with Gasteiger partial charge in [-0.2, -0.15) is 5.10 Å². The Balaban J connectivity index is 1.45. The molecule has 7 heteroatoms. The SMILES string of the molecule is CC1CCc2c(sc3c2C(=O)N2C(N3)C3CCCCC3C3NN=CN32)C1. The van der Waals surface area contributed by atoms with Gasteiger partial charge in [0.2, 0.25) is 0 Å². The van der Waals surface area contributed by atoms with Gasteiger partial charge in [-0.05, 0) is 43.6 Å². The van der Waals surface area contributed by atoms with E-state index in [1.165, 1.54) is 42.5 Å². The number of carbonyl (C=O) groups is 1. The maximum atomic E-state index is 13.6. The van der Waals surface area contributed by atoms with E-state index in [4.69, 9.17) is 0 Å². The molecule has 1 amide bonds. The fourth-order valence-corrected chi connectivity index (χ4v) is 7.24. The number of anilines is 1. The van der Waals surface area contributed by atoms with Crippen molar-refractivity contribution in [2.24, 2.45) is 22.9 Å². The predicted molar refractivity (Wildman–Crippen MR) is 102 cm³/mol. The number of nitrogens with one attached hydrogen (secondary N) is 2. The van der Waals surface area contributed by atoms with Crippen LogP contribution in [0.2, 0.25) is 0 Å². The van der Waals surface area contributed by atoms with Crippen LogP contribution in [0.15, 0.2) is 5.10 Å². The molecule has 2 aliphatic carbocycles. The van der Waals surface area contributed by atoms with Crippen LogP contribution < -0.4 is 10.7 Å². The molecular weight excluding hydrogens is 346 g/mol. The summed E-state index contributed by atoms with van der Waals surface area (Å²) < 4.78 is 0. The van der Waals surface area contributed by atoms with Gasteiger partial charge >= 0.3 is 0 Å². The number of fused-ring (bicyclic) bond motifs is 9. The highest BCUT2D eigenvalue weighted by molar-refractivity contribution is 7.16. The van der Waals surface area contributed by atoms with Crippen molar-refractivity contribution in [2.45, 2.75) is 64.2 Å². The number of hydrazone groups is 1. The quantitative estimate of drug-likeness (QED) is 0.736. The lowest BCUT2D eigenvalue weighted by Gasteiger charge is -2.55. The highest BCUT2D eigenvalue weighted by Gasteiger charge is 2.54. The van der Waals surface area contributed by atoms with Crippen molar-refractivity contribution in [3.05, 3.63) is 16.0 Å². The van der Waals surface area contributed by atoms with Crippen LogP contribution in [-0.2, 0) is 12.8 Å². The molecule has 2 N–H and O–H groups in total. The van der Waals surface area contributed by atoms with E-state index < -0.39 is 0 Å². The van der Waals surface area contributed by atoms with E-state index in [0.29, 0.717) is 11.8 Å². The summed E-state index contributed by atoms with van der Waals surface area (Å²) in [6.45, 7) is 2.32. The second kappa shape index (κ2) is 5.38. The maximum Gasteiger partial charge on any atom is 0.277 e. The van der Waals surface area contributed by atoms with E-state index in [9.17, 15) is 4.79 Å². The Kier molecular flexibility index (Phi) is 3.17. The number of carbonyl (C=O) groups excluding carboxylic acids is 1. The van der Waals surface area contributed by atoms with Crippen LogP contribution in [-0.4, -0.2) is 34.6 Å². The number of hydrazine groups is 1. The number of thiophene rings is 1. The first kappa shape index (κ1) is 15.3. The van der Waals surface area contributed by atoms with Crippen LogP contribution >= 0.6 is 11.3 Å². The molecule has 1 aromatic heterocycles. The van der Waals surface area contributed by atoms with Gasteiger partial charge in [-0.3, -0.25) is 10.2 Å². The molecule has 138 valence electrons. The lowest BCUT2D eigenvalue weighted by atomic mass is 9.73. The minimum absolute atomic E-state index is 0.0698. The van der Waals surface area contributed by atoms with E-state index in [1.54, 1.807) is 0 Å². The largest absolute Gasteiger partial charge is 0.354 e. The average molecular weight is 372 g/mol. The molecule has 0 radical (unpaired) electrons. The average Bonchev–Trinajstić information content (AvgIpc) is 3.26. The molecule has 0 bridgehead atoms.